The van der Waals surface area contributed by atoms with Crippen LogP contribution < -0.4 is 0 Å². The molecule has 0 spiro atoms. The second kappa shape index (κ2) is 4.82. The van der Waals surface area contributed by atoms with Crippen molar-refractivity contribution in [2.75, 3.05) is 0 Å². The van der Waals surface area contributed by atoms with Crippen LogP contribution in [-0.2, 0) is 5.41 Å². The SMILES string of the molecule is C=CCC1(c2ccccc2F)CCCCC1. The molecule has 1 aromatic carbocycles. The van der Waals surface area contributed by atoms with Gasteiger partial charge >= 0.3 is 0 Å². The molecule has 0 atom stereocenters. The summed E-state index contributed by atoms with van der Waals surface area (Å²) in [5.74, 6) is -0.0498. The number of rotatable bonds is 3. The highest BCUT2D eigenvalue weighted by Crippen LogP contribution is 2.43. The molecule has 0 bridgehead atoms. The van der Waals surface area contributed by atoms with E-state index in [2.05, 4.69) is 6.58 Å². The van der Waals surface area contributed by atoms with Crippen molar-refractivity contribution in [3.63, 3.8) is 0 Å². The molecule has 0 heterocycles. The van der Waals surface area contributed by atoms with Gasteiger partial charge in [-0.25, -0.2) is 4.39 Å². The van der Waals surface area contributed by atoms with E-state index < -0.39 is 0 Å². The zero-order chi connectivity index (χ0) is 11.4. The smallest absolute Gasteiger partial charge is 0.126 e. The van der Waals surface area contributed by atoms with Crippen LogP contribution in [0.25, 0.3) is 0 Å². The Kier molecular flexibility index (Phi) is 3.42. The molecule has 86 valence electrons. The van der Waals surface area contributed by atoms with Gasteiger partial charge in [-0.05, 0) is 30.9 Å². The number of hydrogen-bond donors (Lipinski definition) is 0. The maximum absolute atomic E-state index is 13.9. The second-order valence-corrected chi connectivity index (χ2v) is 4.81. The van der Waals surface area contributed by atoms with E-state index in [4.69, 9.17) is 0 Å². The molecule has 1 fully saturated rings. The summed E-state index contributed by atoms with van der Waals surface area (Å²) >= 11 is 0. The maximum Gasteiger partial charge on any atom is 0.126 e. The largest absolute Gasteiger partial charge is 0.207 e. The summed E-state index contributed by atoms with van der Waals surface area (Å²) in [6.45, 7) is 3.83. The van der Waals surface area contributed by atoms with Gasteiger partial charge in [0.05, 0.1) is 0 Å². The van der Waals surface area contributed by atoms with E-state index in [-0.39, 0.29) is 11.2 Å². The Labute approximate surface area is 97.2 Å². The molecule has 0 nitrogen and oxygen atoms in total. The fourth-order valence-corrected chi connectivity index (χ4v) is 2.98. The predicted molar refractivity (Wildman–Crippen MR) is 66.0 cm³/mol. The van der Waals surface area contributed by atoms with Crippen LogP contribution in [0.2, 0.25) is 0 Å². The second-order valence-electron chi connectivity index (χ2n) is 4.81. The average molecular weight is 218 g/mol. The highest BCUT2D eigenvalue weighted by Gasteiger charge is 2.34. The fourth-order valence-electron chi connectivity index (χ4n) is 2.98. The summed E-state index contributed by atoms with van der Waals surface area (Å²) in [6, 6.07) is 7.24. The Morgan fingerprint density at radius 2 is 1.88 bits per heavy atom. The monoisotopic (exact) mass is 218 g/mol. The fraction of sp³-hybridized carbons (Fsp3) is 0.467. The molecule has 1 saturated carbocycles. The molecule has 0 aliphatic heterocycles. The first-order valence-corrected chi connectivity index (χ1v) is 6.14. The first-order chi connectivity index (χ1) is 7.78. The molecule has 0 aromatic heterocycles. The Bertz CT molecular complexity index is 361. The van der Waals surface area contributed by atoms with Gasteiger partial charge in [0.1, 0.15) is 5.82 Å². The first-order valence-electron chi connectivity index (χ1n) is 6.14. The molecule has 1 heteroatoms. The summed E-state index contributed by atoms with van der Waals surface area (Å²) in [7, 11) is 0. The van der Waals surface area contributed by atoms with Gasteiger partial charge in [0, 0.05) is 5.41 Å². The van der Waals surface area contributed by atoms with Crippen molar-refractivity contribution >= 4 is 0 Å². The third-order valence-electron chi connectivity index (χ3n) is 3.79. The predicted octanol–water partition coefficient (Wildman–Crippen LogP) is 4.60. The van der Waals surface area contributed by atoms with Gasteiger partial charge in [-0.3, -0.25) is 0 Å². The third-order valence-corrected chi connectivity index (χ3v) is 3.79. The normalized spacial score (nSPS) is 19.3. The highest BCUT2D eigenvalue weighted by atomic mass is 19.1. The van der Waals surface area contributed by atoms with Gasteiger partial charge in [0.25, 0.3) is 0 Å². The summed E-state index contributed by atoms with van der Waals surface area (Å²) in [5, 5.41) is 0. The van der Waals surface area contributed by atoms with Crippen molar-refractivity contribution in [1.29, 1.82) is 0 Å². The van der Waals surface area contributed by atoms with E-state index in [1.54, 1.807) is 12.1 Å². The van der Waals surface area contributed by atoms with Gasteiger partial charge in [-0.15, -0.1) is 6.58 Å². The van der Waals surface area contributed by atoms with Gasteiger partial charge in [-0.1, -0.05) is 43.5 Å². The summed E-state index contributed by atoms with van der Waals surface area (Å²) < 4.78 is 13.9. The van der Waals surface area contributed by atoms with Crippen molar-refractivity contribution in [2.24, 2.45) is 0 Å². The van der Waals surface area contributed by atoms with Crippen molar-refractivity contribution in [2.45, 2.75) is 43.9 Å². The van der Waals surface area contributed by atoms with Crippen molar-refractivity contribution in [3.8, 4) is 0 Å². The number of hydrogen-bond acceptors (Lipinski definition) is 0. The lowest BCUT2D eigenvalue weighted by Crippen LogP contribution is -2.29. The lowest BCUT2D eigenvalue weighted by molar-refractivity contribution is 0.286. The van der Waals surface area contributed by atoms with Crippen LogP contribution >= 0.6 is 0 Å². The molecule has 0 radical (unpaired) electrons. The standard InChI is InChI=1S/C15H19F/c1-2-10-15(11-6-3-7-12-15)13-8-4-5-9-14(13)16/h2,4-5,8-9H,1,3,6-7,10-12H2. The lowest BCUT2D eigenvalue weighted by atomic mass is 9.67. The minimum absolute atomic E-state index is 0.0192. The number of benzene rings is 1. The minimum atomic E-state index is -0.0498. The van der Waals surface area contributed by atoms with E-state index >= 15 is 0 Å². The molecular formula is C15H19F. The maximum atomic E-state index is 13.9. The van der Waals surface area contributed by atoms with Crippen LogP contribution in [0.4, 0.5) is 4.39 Å². The molecule has 0 N–H and O–H groups in total. The molecule has 1 aliphatic carbocycles. The summed E-state index contributed by atoms with van der Waals surface area (Å²) in [6.07, 6.45) is 8.74. The Morgan fingerprint density at radius 3 is 2.50 bits per heavy atom. The topological polar surface area (TPSA) is 0 Å². The van der Waals surface area contributed by atoms with Gasteiger partial charge in [0.2, 0.25) is 0 Å². The van der Waals surface area contributed by atoms with Crippen LogP contribution in [0, 0.1) is 5.82 Å². The average Bonchev–Trinajstić information content (AvgIpc) is 2.31. The van der Waals surface area contributed by atoms with E-state index in [1.807, 2.05) is 18.2 Å². The van der Waals surface area contributed by atoms with Crippen molar-refractivity contribution in [3.05, 3.63) is 48.3 Å². The molecule has 1 aliphatic rings. The van der Waals surface area contributed by atoms with Gasteiger partial charge in [-0.2, -0.15) is 0 Å². The van der Waals surface area contributed by atoms with Crippen LogP contribution in [0.15, 0.2) is 36.9 Å². The molecule has 2 rings (SSSR count). The van der Waals surface area contributed by atoms with Crippen molar-refractivity contribution in [1.82, 2.24) is 0 Å². The molecule has 0 saturated heterocycles. The molecular weight excluding hydrogens is 199 g/mol. The highest BCUT2D eigenvalue weighted by molar-refractivity contribution is 5.28. The van der Waals surface area contributed by atoms with E-state index in [0.29, 0.717) is 0 Å². The third kappa shape index (κ3) is 2.04. The molecule has 0 unspecified atom stereocenters. The zero-order valence-electron chi connectivity index (χ0n) is 9.71. The molecule has 16 heavy (non-hydrogen) atoms. The van der Waals surface area contributed by atoms with Gasteiger partial charge < -0.3 is 0 Å². The Morgan fingerprint density at radius 1 is 1.19 bits per heavy atom. The van der Waals surface area contributed by atoms with Crippen LogP contribution in [-0.4, -0.2) is 0 Å². The molecule has 0 amide bonds. The summed E-state index contributed by atoms with van der Waals surface area (Å²) in [5.41, 5.74) is 0.917. The van der Waals surface area contributed by atoms with Crippen LogP contribution in [0.5, 0.6) is 0 Å². The number of allylic oxidation sites excluding steroid dienone is 1. The minimum Gasteiger partial charge on any atom is -0.207 e. The lowest BCUT2D eigenvalue weighted by Gasteiger charge is -2.37. The Hall–Kier alpha value is -1.11. The zero-order valence-corrected chi connectivity index (χ0v) is 9.71. The van der Waals surface area contributed by atoms with E-state index in [1.165, 1.54) is 19.3 Å². The van der Waals surface area contributed by atoms with Gasteiger partial charge in [0.15, 0.2) is 0 Å². The quantitative estimate of drug-likeness (QED) is 0.650. The van der Waals surface area contributed by atoms with Crippen molar-refractivity contribution < 1.29 is 4.39 Å². The molecule has 1 aromatic rings. The Balaban J connectivity index is 2.38. The number of halogens is 1. The van der Waals surface area contributed by atoms with Crippen LogP contribution in [0.1, 0.15) is 44.1 Å². The van der Waals surface area contributed by atoms with E-state index in [0.717, 1.165) is 24.8 Å². The summed E-state index contributed by atoms with van der Waals surface area (Å²) in [4.78, 5) is 0. The van der Waals surface area contributed by atoms with E-state index in [9.17, 15) is 4.39 Å². The van der Waals surface area contributed by atoms with Crippen LogP contribution in [0.3, 0.4) is 0 Å². The first kappa shape index (κ1) is 11.4.